The molecular weight excluding hydrogens is 330 g/mol. The molecule has 3 nitrogen and oxygen atoms in total. The van der Waals surface area contributed by atoms with Crippen molar-refractivity contribution in [3.05, 3.63) is 57.1 Å². The number of carbonyl (C=O) groups excluding carboxylic acids is 1. The number of benzene rings is 2. The first kappa shape index (κ1) is 15.6. The number of hydrogen-bond acceptors (Lipinski definition) is 2. The highest BCUT2D eigenvalue weighted by molar-refractivity contribution is 9.10. The summed E-state index contributed by atoms with van der Waals surface area (Å²) in [4.78, 5) is 12.3. The van der Waals surface area contributed by atoms with E-state index in [4.69, 9.17) is 4.74 Å². The molecule has 2 rings (SSSR count). The van der Waals surface area contributed by atoms with Crippen molar-refractivity contribution in [1.29, 1.82) is 0 Å². The van der Waals surface area contributed by atoms with E-state index in [9.17, 15) is 4.79 Å². The van der Waals surface area contributed by atoms with Crippen LogP contribution in [0, 0.1) is 20.8 Å². The number of carbonyl (C=O) groups is 1. The molecule has 0 saturated carbocycles. The number of methoxy groups -OCH3 is 1. The van der Waals surface area contributed by atoms with E-state index in [0.717, 1.165) is 32.6 Å². The van der Waals surface area contributed by atoms with Crippen molar-refractivity contribution in [3.63, 3.8) is 0 Å². The van der Waals surface area contributed by atoms with Crippen molar-refractivity contribution in [2.45, 2.75) is 20.8 Å². The maximum Gasteiger partial charge on any atom is 0.255 e. The number of nitrogens with one attached hydrogen (secondary N) is 1. The number of rotatable bonds is 3. The summed E-state index contributed by atoms with van der Waals surface area (Å²) >= 11 is 3.44. The van der Waals surface area contributed by atoms with Crippen molar-refractivity contribution < 1.29 is 9.53 Å². The molecule has 1 amide bonds. The van der Waals surface area contributed by atoms with Crippen LogP contribution in [0.5, 0.6) is 5.75 Å². The molecule has 4 heteroatoms. The molecule has 0 radical (unpaired) electrons. The molecule has 0 fully saturated rings. The van der Waals surface area contributed by atoms with E-state index in [1.165, 1.54) is 0 Å². The lowest BCUT2D eigenvalue weighted by atomic mass is 10.1. The number of aryl methyl sites for hydroxylation is 2. The van der Waals surface area contributed by atoms with E-state index < -0.39 is 0 Å². The van der Waals surface area contributed by atoms with Crippen LogP contribution >= 0.6 is 15.9 Å². The van der Waals surface area contributed by atoms with Gasteiger partial charge in [0.15, 0.2) is 0 Å². The van der Waals surface area contributed by atoms with Crippen molar-refractivity contribution >= 4 is 27.5 Å². The van der Waals surface area contributed by atoms with Gasteiger partial charge in [0.25, 0.3) is 5.91 Å². The predicted molar refractivity (Wildman–Crippen MR) is 89.3 cm³/mol. The Bertz CT molecular complexity index is 695. The summed E-state index contributed by atoms with van der Waals surface area (Å²) in [6, 6.07) is 9.38. The highest BCUT2D eigenvalue weighted by atomic mass is 79.9. The molecule has 0 aromatic heterocycles. The molecule has 0 bridgehead atoms. The van der Waals surface area contributed by atoms with E-state index in [0.29, 0.717) is 5.56 Å². The third kappa shape index (κ3) is 3.27. The van der Waals surface area contributed by atoms with Crippen LogP contribution in [0.3, 0.4) is 0 Å². The van der Waals surface area contributed by atoms with Crippen LogP contribution in [0.1, 0.15) is 27.0 Å². The SMILES string of the molecule is COc1c(C)ccc(NC(=O)c2ccc(Br)c(C)c2)c1C. The third-order valence-corrected chi connectivity index (χ3v) is 4.36. The van der Waals surface area contributed by atoms with Crippen molar-refractivity contribution in [3.8, 4) is 5.75 Å². The van der Waals surface area contributed by atoms with Gasteiger partial charge in [-0.15, -0.1) is 0 Å². The first-order chi connectivity index (χ1) is 9.93. The molecule has 0 atom stereocenters. The Morgan fingerprint density at radius 2 is 1.81 bits per heavy atom. The van der Waals surface area contributed by atoms with Gasteiger partial charge in [-0.2, -0.15) is 0 Å². The van der Waals surface area contributed by atoms with Gasteiger partial charge in [-0.05, 0) is 56.2 Å². The average Bonchev–Trinajstić information content (AvgIpc) is 2.45. The first-order valence-electron chi connectivity index (χ1n) is 6.65. The number of ether oxygens (including phenoxy) is 1. The summed E-state index contributed by atoms with van der Waals surface area (Å²) in [5, 5.41) is 2.94. The van der Waals surface area contributed by atoms with Gasteiger partial charge >= 0.3 is 0 Å². The van der Waals surface area contributed by atoms with Crippen LogP contribution in [-0.2, 0) is 0 Å². The van der Waals surface area contributed by atoms with Gasteiger partial charge in [0.05, 0.1) is 7.11 Å². The molecule has 0 aliphatic heterocycles. The fraction of sp³-hybridized carbons (Fsp3) is 0.235. The minimum absolute atomic E-state index is 0.125. The maximum atomic E-state index is 12.3. The Hall–Kier alpha value is -1.81. The molecule has 0 aliphatic carbocycles. The van der Waals surface area contributed by atoms with Crippen LogP contribution in [0.2, 0.25) is 0 Å². The normalized spacial score (nSPS) is 10.3. The van der Waals surface area contributed by atoms with Crippen LogP contribution in [-0.4, -0.2) is 13.0 Å². The molecular formula is C17H18BrNO2. The second-order valence-electron chi connectivity index (χ2n) is 5.01. The highest BCUT2D eigenvalue weighted by Crippen LogP contribution is 2.29. The zero-order chi connectivity index (χ0) is 15.6. The Labute approximate surface area is 133 Å². The quantitative estimate of drug-likeness (QED) is 0.878. The fourth-order valence-electron chi connectivity index (χ4n) is 2.26. The lowest BCUT2D eigenvalue weighted by Gasteiger charge is -2.14. The minimum Gasteiger partial charge on any atom is -0.496 e. The van der Waals surface area contributed by atoms with Gasteiger partial charge in [0.1, 0.15) is 5.75 Å². The lowest BCUT2D eigenvalue weighted by molar-refractivity contribution is 0.102. The molecule has 0 unspecified atom stereocenters. The average molecular weight is 348 g/mol. The number of hydrogen-bond donors (Lipinski definition) is 1. The maximum absolute atomic E-state index is 12.3. The number of halogens is 1. The summed E-state index contributed by atoms with van der Waals surface area (Å²) in [7, 11) is 1.64. The smallest absolute Gasteiger partial charge is 0.255 e. The second-order valence-corrected chi connectivity index (χ2v) is 5.86. The van der Waals surface area contributed by atoms with Crippen molar-refractivity contribution in [2.75, 3.05) is 12.4 Å². The summed E-state index contributed by atoms with van der Waals surface area (Å²) < 4.78 is 6.37. The van der Waals surface area contributed by atoms with E-state index in [2.05, 4.69) is 21.2 Å². The Morgan fingerprint density at radius 3 is 2.43 bits per heavy atom. The second kappa shape index (κ2) is 6.31. The summed E-state index contributed by atoms with van der Waals surface area (Å²) in [6.07, 6.45) is 0. The van der Waals surface area contributed by atoms with Gasteiger partial charge < -0.3 is 10.1 Å². The number of amides is 1. The largest absolute Gasteiger partial charge is 0.496 e. The summed E-state index contributed by atoms with van der Waals surface area (Å²) in [6.45, 7) is 5.88. The molecule has 110 valence electrons. The molecule has 0 spiro atoms. The molecule has 2 aromatic carbocycles. The van der Waals surface area contributed by atoms with Gasteiger partial charge in [-0.25, -0.2) is 0 Å². The van der Waals surface area contributed by atoms with Crippen LogP contribution in [0.25, 0.3) is 0 Å². The number of anilines is 1. The minimum atomic E-state index is -0.125. The molecule has 0 aliphatic rings. The van der Waals surface area contributed by atoms with E-state index >= 15 is 0 Å². The van der Waals surface area contributed by atoms with Crippen LogP contribution in [0.4, 0.5) is 5.69 Å². The van der Waals surface area contributed by atoms with Crippen molar-refractivity contribution in [1.82, 2.24) is 0 Å². The Balaban J connectivity index is 2.29. The van der Waals surface area contributed by atoms with Gasteiger partial charge in [0.2, 0.25) is 0 Å². The first-order valence-corrected chi connectivity index (χ1v) is 7.45. The van der Waals surface area contributed by atoms with Crippen LogP contribution < -0.4 is 10.1 Å². The van der Waals surface area contributed by atoms with Gasteiger partial charge in [0, 0.05) is 21.3 Å². The Kier molecular flexibility index (Phi) is 4.68. The summed E-state index contributed by atoms with van der Waals surface area (Å²) in [5.41, 5.74) is 4.41. The molecule has 0 saturated heterocycles. The van der Waals surface area contributed by atoms with Gasteiger partial charge in [-0.1, -0.05) is 22.0 Å². The van der Waals surface area contributed by atoms with Crippen LogP contribution in [0.15, 0.2) is 34.8 Å². The topological polar surface area (TPSA) is 38.3 Å². The highest BCUT2D eigenvalue weighted by Gasteiger charge is 2.12. The zero-order valence-corrected chi connectivity index (χ0v) is 14.2. The van der Waals surface area contributed by atoms with E-state index in [1.54, 1.807) is 13.2 Å². The third-order valence-electron chi connectivity index (χ3n) is 3.48. The van der Waals surface area contributed by atoms with Gasteiger partial charge in [-0.3, -0.25) is 4.79 Å². The molecule has 0 heterocycles. The molecule has 21 heavy (non-hydrogen) atoms. The standard InChI is InChI=1S/C17H18BrNO2/c1-10-5-8-15(12(3)16(10)21-4)19-17(20)13-6-7-14(18)11(2)9-13/h5-9H,1-4H3,(H,19,20). The molecule has 2 aromatic rings. The monoisotopic (exact) mass is 347 g/mol. The zero-order valence-electron chi connectivity index (χ0n) is 12.6. The van der Waals surface area contributed by atoms with E-state index in [-0.39, 0.29) is 5.91 Å². The fourth-order valence-corrected chi connectivity index (χ4v) is 2.50. The predicted octanol–water partition coefficient (Wildman–Crippen LogP) is 4.64. The lowest BCUT2D eigenvalue weighted by Crippen LogP contribution is -2.13. The van der Waals surface area contributed by atoms with Crippen molar-refractivity contribution in [2.24, 2.45) is 0 Å². The molecule has 1 N–H and O–H groups in total. The van der Waals surface area contributed by atoms with E-state index in [1.807, 2.05) is 45.0 Å². The summed E-state index contributed by atoms with van der Waals surface area (Å²) in [5.74, 6) is 0.680. The Morgan fingerprint density at radius 1 is 1.10 bits per heavy atom.